The first-order valence-electron chi connectivity index (χ1n) is 12.5. The van der Waals surface area contributed by atoms with Gasteiger partial charge in [-0.2, -0.15) is 16.8 Å². The molecule has 0 unspecified atom stereocenters. The number of hydrogen-bond donors (Lipinski definition) is 0. The van der Waals surface area contributed by atoms with Gasteiger partial charge in [-0.05, 0) is 92.3 Å². The van der Waals surface area contributed by atoms with Gasteiger partial charge in [-0.25, -0.2) is 8.78 Å². The summed E-state index contributed by atoms with van der Waals surface area (Å²) in [4.78, 5) is 7.54. The van der Waals surface area contributed by atoms with Gasteiger partial charge in [-0.3, -0.25) is 0 Å². The van der Waals surface area contributed by atoms with Crippen LogP contribution in [0.5, 0.6) is 0 Å². The summed E-state index contributed by atoms with van der Waals surface area (Å²) in [5.41, 5.74) is 3.09. The minimum Gasteiger partial charge on any atom is -0.207 e. The Morgan fingerprint density at radius 3 is 1.52 bits per heavy atom. The highest BCUT2D eigenvalue weighted by molar-refractivity contribution is 6.21. The SMILES string of the molecule is [C-]#[N+]/N=c1\c2cc(-c3cccc(F)c3)ccc2c2cc3/c(=N/C#N)c4cc(-c5cccc(F)c5)ccc4c3cc12. The summed E-state index contributed by atoms with van der Waals surface area (Å²) in [5, 5.41) is 21.5. The first kappa shape index (κ1) is 23.4. The first-order chi connectivity index (χ1) is 19.6. The molecule has 7 aromatic rings. The fourth-order valence-corrected chi connectivity index (χ4v) is 5.70. The van der Waals surface area contributed by atoms with E-state index in [0.29, 0.717) is 10.7 Å². The van der Waals surface area contributed by atoms with Crippen molar-refractivity contribution in [1.82, 2.24) is 0 Å². The third-order valence-corrected chi connectivity index (χ3v) is 7.43. The Morgan fingerprint density at radius 1 is 0.550 bits per heavy atom. The Morgan fingerprint density at radius 2 is 1.02 bits per heavy atom. The van der Waals surface area contributed by atoms with Crippen molar-refractivity contribution in [2.75, 3.05) is 0 Å². The second kappa shape index (κ2) is 8.94. The van der Waals surface area contributed by atoms with Gasteiger partial charge in [0, 0.05) is 21.5 Å². The van der Waals surface area contributed by atoms with E-state index in [1.807, 2.05) is 66.9 Å². The second-order valence-corrected chi connectivity index (χ2v) is 9.59. The Balaban J connectivity index is 1.56. The van der Waals surface area contributed by atoms with Crippen molar-refractivity contribution in [3.05, 3.63) is 131 Å². The average Bonchev–Trinajstić information content (AvgIpc) is 3.43. The lowest BCUT2D eigenvalue weighted by molar-refractivity contribution is 0.628. The molecule has 7 rings (SSSR count). The normalized spacial score (nSPS) is 12.5. The monoisotopic (exact) mass is 518 g/mol. The van der Waals surface area contributed by atoms with Crippen molar-refractivity contribution in [3.8, 4) is 28.4 Å². The van der Waals surface area contributed by atoms with Gasteiger partial charge in [0.1, 0.15) is 11.6 Å². The van der Waals surface area contributed by atoms with Crippen molar-refractivity contribution in [2.45, 2.75) is 0 Å². The van der Waals surface area contributed by atoms with Crippen LogP contribution in [0, 0.1) is 29.7 Å². The molecule has 0 aliphatic carbocycles. The van der Waals surface area contributed by atoms with Crippen LogP contribution < -0.4 is 10.7 Å². The molecule has 0 radical (unpaired) electrons. The average molecular weight is 519 g/mol. The van der Waals surface area contributed by atoms with Crippen molar-refractivity contribution in [1.29, 1.82) is 5.26 Å². The Hall–Kier alpha value is -5.72. The van der Waals surface area contributed by atoms with Crippen LogP contribution in [0.2, 0.25) is 0 Å². The van der Waals surface area contributed by atoms with E-state index in [4.69, 9.17) is 6.57 Å². The summed E-state index contributed by atoms with van der Waals surface area (Å²) in [6.07, 6.45) is 1.94. The van der Waals surface area contributed by atoms with E-state index in [0.717, 1.165) is 65.3 Å². The van der Waals surface area contributed by atoms with Crippen LogP contribution in [0.1, 0.15) is 0 Å². The third kappa shape index (κ3) is 3.55. The molecule has 0 heterocycles. The number of benzene rings is 5. The number of rotatable bonds is 2. The lowest BCUT2D eigenvalue weighted by Crippen LogP contribution is -1.99. The molecule has 0 fully saturated rings. The van der Waals surface area contributed by atoms with Gasteiger partial charge in [-0.15, -0.1) is 4.95 Å². The molecule has 40 heavy (non-hydrogen) atoms. The molecular weight excluding hydrogens is 502 g/mol. The van der Waals surface area contributed by atoms with Gasteiger partial charge in [0.05, 0.1) is 10.5 Å². The number of nitriles is 1. The molecule has 0 aromatic heterocycles. The van der Waals surface area contributed by atoms with Crippen molar-refractivity contribution in [3.63, 3.8) is 0 Å². The summed E-state index contributed by atoms with van der Waals surface area (Å²) in [6.45, 7) is 7.48. The molecule has 0 bridgehead atoms. The highest BCUT2D eigenvalue weighted by atomic mass is 19.1. The minimum atomic E-state index is -0.325. The molecule has 0 N–H and O–H groups in total. The molecule has 186 valence electrons. The molecular formula is C34H16F2N4. The van der Waals surface area contributed by atoms with Gasteiger partial charge in [0.2, 0.25) is 6.19 Å². The predicted octanol–water partition coefficient (Wildman–Crippen LogP) is 7.90. The quantitative estimate of drug-likeness (QED) is 0.130. The zero-order valence-electron chi connectivity index (χ0n) is 20.8. The van der Waals surface area contributed by atoms with E-state index in [9.17, 15) is 14.0 Å². The maximum atomic E-state index is 13.9. The first-order valence-corrected chi connectivity index (χ1v) is 12.5. The van der Waals surface area contributed by atoms with E-state index in [2.05, 4.69) is 15.0 Å². The molecule has 0 aliphatic heterocycles. The molecule has 6 heteroatoms. The molecule has 0 spiro atoms. The Labute approximate surface area is 226 Å². The van der Waals surface area contributed by atoms with Gasteiger partial charge in [0.15, 0.2) is 5.36 Å². The van der Waals surface area contributed by atoms with Gasteiger partial charge < -0.3 is 0 Å². The summed E-state index contributed by atoms with van der Waals surface area (Å²) < 4.78 is 27.8. The molecule has 7 aromatic carbocycles. The van der Waals surface area contributed by atoms with Crippen molar-refractivity contribution < 1.29 is 8.78 Å². The van der Waals surface area contributed by atoms with E-state index in [1.54, 1.807) is 12.1 Å². The molecule has 0 atom stereocenters. The van der Waals surface area contributed by atoms with E-state index in [1.165, 1.54) is 24.3 Å². The Bertz CT molecular complexity index is 2210. The molecule has 4 nitrogen and oxygen atoms in total. The standard InChI is InChI=1S/C34H16F2N4/c1-38-40-34-30-15-22(20-5-3-7-24(36)13-20)9-11-26(30)28-16-31-27(17-32(28)34)25-10-8-21(14-29(25)33(31)39-18-37)19-4-2-6-23(35)12-19/h2-17H/b39-33+,40-34+. The molecule has 0 saturated carbocycles. The highest BCUT2D eigenvalue weighted by Crippen LogP contribution is 2.35. The maximum Gasteiger partial charge on any atom is 0.206 e. The predicted molar refractivity (Wildman–Crippen MR) is 153 cm³/mol. The summed E-state index contributed by atoms with van der Waals surface area (Å²) >= 11 is 0. The minimum absolute atomic E-state index is 0.323. The molecule has 0 aliphatic rings. The number of hydrogen-bond acceptors (Lipinski definition) is 3. The van der Waals surface area contributed by atoms with Gasteiger partial charge in [0.25, 0.3) is 0 Å². The fourth-order valence-electron chi connectivity index (χ4n) is 5.70. The van der Waals surface area contributed by atoms with Gasteiger partial charge in [-0.1, -0.05) is 48.5 Å². The van der Waals surface area contributed by atoms with E-state index in [-0.39, 0.29) is 11.6 Å². The molecule has 0 amide bonds. The van der Waals surface area contributed by atoms with E-state index >= 15 is 0 Å². The lowest BCUT2D eigenvalue weighted by atomic mass is 10.0. The van der Waals surface area contributed by atoms with Crippen LogP contribution in [0.4, 0.5) is 8.78 Å². The van der Waals surface area contributed by atoms with Crippen LogP contribution in [0.3, 0.4) is 0 Å². The van der Waals surface area contributed by atoms with Crippen LogP contribution in [-0.2, 0) is 0 Å². The smallest absolute Gasteiger partial charge is 0.206 e. The van der Waals surface area contributed by atoms with E-state index < -0.39 is 0 Å². The third-order valence-electron chi connectivity index (χ3n) is 7.43. The highest BCUT2D eigenvalue weighted by Gasteiger charge is 2.17. The fraction of sp³-hybridized carbons (Fsp3) is 0. The number of nitrogens with zero attached hydrogens (tertiary/aromatic N) is 4. The summed E-state index contributed by atoms with van der Waals surface area (Å²) in [7, 11) is 0. The van der Waals surface area contributed by atoms with Crippen LogP contribution in [0.25, 0.3) is 70.3 Å². The lowest BCUT2D eigenvalue weighted by Gasteiger charge is -2.02. The maximum absolute atomic E-state index is 13.9. The Kier molecular flexibility index (Phi) is 5.23. The summed E-state index contributed by atoms with van der Waals surface area (Å²) in [6, 6.07) is 28.4. The van der Waals surface area contributed by atoms with Crippen molar-refractivity contribution >= 4 is 43.1 Å². The van der Waals surface area contributed by atoms with Crippen LogP contribution >= 0.6 is 0 Å². The summed E-state index contributed by atoms with van der Waals surface area (Å²) in [5.74, 6) is -0.647. The van der Waals surface area contributed by atoms with Crippen LogP contribution in [0.15, 0.2) is 107 Å². The second-order valence-electron chi connectivity index (χ2n) is 9.59. The number of halogens is 2. The van der Waals surface area contributed by atoms with Crippen molar-refractivity contribution in [2.24, 2.45) is 10.1 Å². The zero-order chi connectivity index (χ0) is 27.4. The van der Waals surface area contributed by atoms with Gasteiger partial charge >= 0.3 is 0 Å². The topological polar surface area (TPSA) is 52.9 Å². The zero-order valence-corrected chi connectivity index (χ0v) is 20.8. The number of fused-ring (bicyclic) bond motifs is 6. The largest absolute Gasteiger partial charge is 0.207 e. The van der Waals surface area contributed by atoms with Crippen LogP contribution in [-0.4, -0.2) is 0 Å². The molecule has 0 saturated heterocycles.